The second kappa shape index (κ2) is 9.51. The van der Waals surface area contributed by atoms with Gasteiger partial charge in [-0.1, -0.05) is 42.5 Å². The van der Waals surface area contributed by atoms with Gasteiger partial charge in [-0.25, -0.2) is 14.8 Å². The van der Waals surface area contributed by atoms with E-state index in [2.05, 4.69) is 78.9 Å². The third kappa shape index (κ3) is 4.85. The smallest absolute Gasteiger partial charge is 0.179 e. The fraction of sp³-hybridized carbons (Fsp3) is 0.208. The van der Waals surface area contributed by atoms with Crippen LogP contribution in [0.25, 0.3) is 22.5 Å². The number of nitrogens with zero attached hydrogens (tertiary/aromatic N) is 6. The number of nitrogens with one attached hydrogen (secondary N) is 1. The molecule has 0 bridgehead atoms. The van der Waals surface area contributed by atoms with Gasteiger partial charge in [0, 0.05) is 31.2 Å². The first-order valence-electron chi connectivity index (χ1n) is 10.00. The largest absolute Gasteiger partial charge is 0.245 e. The van der Waals surface area contributed by atoms with Crippen molar-refractivity contribution >= 4 is 0 Å². The average Bonchev–Trinajstić information content (AvgIpc) is 3.47. The van der Waals surface area contributed by atoms with E-state index in [4.69, 9.17) is 12.8 Å². The lowest BCUT2D eigenvalue weighted by molar-refractivity contribution is 0.630. The van der Waals surface area contributed by atoms with E-state index in [9.17, 15) is 0 Å². The number of benzene rings is 2. The van der Waals surface area contributed by atoms with Crippen LogP contribution in [0.3, 0.4) is 0 Å². The van der Waals surface area contributed by atoms with Crippen LogP contribution >= 0.6 is 0 Å². The van der Waals surface area contributed by atoms with Crippen LogP contribution in [-0.2, 0) is 19.4 Å². The molecule has 31 heavy (non-hydrogen) atoms. The van der Waals surface area contributed by atoms with E-state index in [1.807, 2.05) is 16.8 Å². The monoisotopic (exact) mass is 407 g/mol. The molecule has 0 saturated carbocycles. The SMILES string of the molecule is C#CCCc1nc(CCC#C)n(Cc2ccc(-c3cccc(-c4nnn[nH]4)c3)cc2)n1. The van der Waals surface area contributed by atoms with Crippen molar-refractivity contribution in [1.29, 1.82) is 0 Å². The van der Waals surface area contributed by atoms with Crippen molar-refractivity contribution in [1.82, 2.24) is 35.4 Å². The normalized spacial score (nSPS) is 10.5. The lowest BCUT2D eigenvalue weighted by Gasteiger charge is -2.08. The van der Waals surface area contributed by atoms with E-state index in [1.54, 1.807) is 0 Å². The number of aromatic amines is 1. The van der Waals surface area contributed by atoms with Gasteiger partial charge in [-0.2, -0.15) is 5.10 Å². The van der Waals surface area contributed by atoms with Crippen molar-refractivity contribution in [2.24, 2.45) is 0 Å². The van der Waals surface area contributed by atoms with Crippen LogP contribution < -0.4 is 0 Å². The molecule has 0 spiro atoms. The number of hydrogen-bond acceptors (Lipinski definition) is 5. The van der Waals surface area contributed by atoms with Gasteiger partial charge in [0.05, 0.1) is 6.54 Å². The van der Waals surface area contributed by atoms with Crippen molar-refractivity contribution in [2.45, 2.75) is 32.2 Å². The minimum absolute atomic E-state index is 0.622. The third-order valence-corrected chi connectivity index (χ3v) is 4.88. The average molecular weight is 407 g/mol. The van der Waals surface area contributed by atoms with Gasteiger partial charge in [-0.15, -0.1) is 29.8 Å². The highest BCUT2D eigenvalue weighted by Gasteiger charge is 2.10. The fourth-order valence-electron chi connectivity index (χ4n) is 3.31. The summed E-state index contributed by atoms with van der Waals surface area (Å²) in [4.78, 5) is 4.62. The molecule has 0 aliphatic carbocycles. The first-order valence-corrected chi connectivity index (χ1v) is 10.00. The standard InChI is InChI=1S/C24H21N7/c1-3-5-10-22-25-23(11-6-4-2)31(28-22)17-18-12-14-19(15-13-18)20-8-7-9-21(16-20)24-26-29-30-27-24/h1-2,7-9,12-16H,5-6,10-11,17H2,(H,26,27,29,30). The predicted molar refractivity (Wildman–Crippen MR) is 118 cm³/mol. The third-order valence-electron chi connectivity index (χ3n) is 4.88. The molecule has 7 nitrogen and oxygen atoms in total. The maximum atomic E-state index is 5.43. The summed E-state index contributed by atoms with van der Waals surface area (Å²) in [6.07, 6.45) is 13.4. The Morgan fingerprint density at radius 3 is 2.42 bits per heavy atom. The van der Waals surface area contributed by atoms with E-state index in [1.165, 1.54) is 0 Å². The van der Waals surface area contributed by atoms with Crippen LogP contribution in [0.1, 0.15) is 30.1 Å². The molecule has 152 valence electrons. The van der Waals surface area contributed by atoms with Crippen LogP contribution in [0.15, 0.2) is 48.5 Å². The Kier molecular flexibility index (Phi) is 6.16. The van der Waals surface area contributed by atoms with Gasteiger partial charge in [-0.3, -0.25) is 0 Å². The Morgan fingerprint density at radius 2 is 1.68 bits per heavy atom. The lowest BCUT2D eigenvalue weighted by atomic mass is 10.0. The molecule has 0 saturated heterocycles. The molecule has 4 rings (SSSR count). The summed E-state index contributed by atoms with van der Waals surface area (Å²) >= 11 is 0. The Bertz CT molecular complexity index is 1220. The highest BCUT2D eigenvalue weighted by molar-refractivity contribution is 5.70. The highest BCUT2D eigenvalue weighted by Crippen LogP contribution is 2.24. The van der Waals surface area contributed by atoms with Gasteiger partial charge in [0.1, 0.15) is 5.82 Å². The number of terminal acetylenes is 2. The lowest BCUT2D eigenvalue weighted by Crippen LogP contribution is -2.07. The molecule has 2 heterocycles. The topological polar surface area (TPSA) is 85.2 Å². The number of aromatic nitrogens is 7. The van der Waals surface area contributed by atoms with Gasteiger partial charge < -0.3 is 0 Å². The maximum absolute atomic E-state index is 5.43. The summed E-state index contributed by atoms with van der Waals surface area (Å²) in [7, 11) is 0. The van der Waals surface area contributed by atoms with Gasteiger partial charge >= 0.3 is 0 Å². The molecule has 0 fully saturated rings. The Hall–Kier alpha value is -4.23. The van der Waals surface area contributed by atoms with Crippen LogP contribution in [0.2, 0.25) is 0 Å². The van der Waals surface area contributed by atoms with Crippen LogP contribution in [0, 0.1) is 24.7 Å². The van der Waals surface area contributed by atoms with Crippen molar-refractivity contribution in [3.8, 4) is 47.2 Å². The van der Waals surface area contributed by atoms with E-state index in [0.29, 0.717) is 38.1 Å². The second-order valence-electron chi connectivity index (χ2n) is 7.04. The molecular formula is C24H21N7. The van der Waals surface area contributed by atoms with Crippen LogP contribution in [0.4, 0.5) is 0 Å². The zero-order chi connectivity index (χ0) is 21.5. The van der Waals surface area contributed by atoms with Crippen molar-refractivity contribution in [3.05, 3.63) is 65.7 Å². The molecule has 4 aromatic rings. The number of rotatable bonds is 8. The summed E-state index contributed by atoms with van der Waals surface area (Å²) in [6, 6.07) is 16.5. The molecule has 0 radical (unpaired) electrons. The minimum Gasteiger partial charge on any atom is -0.245 e. The molecule has 2 aromatic carbocycles. The highest BCUT2D eigenvalue weighted by atomic mass is 15.5. The zero-order valence-electron chi connectivity index (χ0n) is 17.0. The van der Waals surface area contributed by atoms with Crippen molar-refractivity contribution in [2.75, 3.05) is 0 Å². The summed E-state index contributed by atoms with van der Waals surface area (Å²) < 4.78 is 1.93. The van der Waals surface area contributed by atoms with E-state index < -0.39 is 0 Å². The minimum atomic E-state index is 0.622. The van der Waals surface area contributed by atoms with Gasteiger partial charge in [0.15, 0.2) is 11.6 Å². The molecule has 1 N–H and O–H groups in total. The fourth-order valence-corrected chi connectivity index (χ4v) is 3.31. The summed E-state index contributed by atoms with van der Waals surface area (Å²) in [5, 5.41) is 18.7. The Balaban J connectivity index is 1.53. The van der Waals surface area contributed by atoms with Gasteiger partial charge in [0.2, 0.25) is 0 Å². The molecule has 0 atom stereocenters. The van der Waals surface area contributed by atoms with E-state index >= 15 is 0 Å². The van der Waals surface area contributed by atoms with Gasteiger partial charge in [-0.05, 0) is 33.2 Å². The molecule has 0 aliphatic rings. The number of tetrazole rings is 1. The number of aryl methyl sites for hydroxylation is 2. The number of hydrogen-bond donors (Lipinski definition) is 1. The summed E-state index contributed by atoms with van der Waals surface area (Å²) in [5.74, 6) is 7.61. The first kappa shape index (κ1) is 20.1. The van der Waals surface area contributed by atoms with Gasteiger partial charge in [0.25, 0.3) is 0 Å². The maximum Gasteiger partial charge on any atom is 0.179 e. The predicted octanol–water partition coefficient (Wildman–Crippen LogP) is 3.31. The van der Waals surface area contributed by atoms with E-state index in [-0.39, 0.29) is 0 Å². The summed E-state index contributed by atoms with van der Waals surface area (Å²) in [5.41, 5.74) is 4.27. The molecule has 0 unspecified atom stereocenters. The molecule has 0 amide bonds. The summed E-state index contributed by atoms with van der Waals surface area (Å²) in [6.45, 7) is 0.632. The molecule has 7 heteroatoms. The Labute approximate surface area is 180 Å². The van der Waals surface area contributed by atoms with Crippen molar-refractivity contribution < 1.29 is 0 Å². The van der Waals surface area contributed by atoms with Crippen LogP contribution in [-0.4, -0.2) is 35.4 Å². The first-order chi connectivity index (χ1) is 15.3. The van der Waals surface area contributed by atoms with Crippen LogP contribution in [0.5, 0.6) is 0 Å². The van der Waals surface area contributed by atoms with E-state index in [0.717, 1.165) is 33.9 Å². The quantitative estimate of drug-likeness (QED) is 0.453. The Morgan fingerprint density at radius 1 is 0.903 bits per heavy atom. The van der Waals surface area contributed by atoms with Crippen molar-refractivity contribution in [3.63, 3.8) is 0 Å². The second-order valence-corrected chi connectivity index (χ2v) is 7.04. The zero-order valence-corrected chi connectivity index (χ0v) is 17.0. The number of H-pyrrole nitrogens is 1. The molecular weight excluding hydrogens is 386 g/mol. The molecule has 2 aromatic heterocycles. The molecule has 0 aliphatic heterocycles.